The maximum atomic E-state index is 5.98. The number of nitrogens with zero attached hydrogens (tertiary/aromatic N) is 2. The number of thiazole rings is 1. The highest BCUT2D eigenvalue weighted by atomic mass is 32.1. The van der Waals surface area contributed by atoms with Crippen molar-refractivity contribution in [2.24, 2.45) is 11.7 Å². The third kappa shape index (κ3) is 2.86. The predicted octanol–water partition coefficient (Wildman–Crippen LogP) is 3.49. The Labute approximate surface area is 114 Å². The van der Waals surface area contributed by atoms with Gasteiger partial charge in [0.05, 0.1) is 5.69 Å². The molecule has 4 heteroatoms. The van der Waals surface area contributed by atoms with Crippen LogP contribution in [0.25, 0.3) is 0 Å². The van der Waals surface area contributed by atoms with E-state index in [0.717, 1.165) is 16.7 Å². The molecule has 1 aliphatic rings. The highest BCUT2D eigenvalue weighted by Gasteiger charge is 2.25. The monoisotopic (exact) mass is 267 g/mol. The minimum absolute atomic E-state index is 0.0925. The highest BCUT2D eigenvalue weighted by Crippen LogP contribution is 2.34. The van der Waals surface area contributed by atoms with E-state index in [-0.39, 0.29) is 6.04 Å². The van der Waals surface area contributed by atoms with Crippen LogP contribution in [-0.4, -0.2) is 18.1 Å². The lowest BCUT2D eigenvalue weighted by atomic mass is 9.86. The molecule has 18 heavy (non-hydrogen) atoms. The van der Waals surface area contributed by atoms with Crippen LogP contribution in [-0.2, 0) is 0 Å². The van der Waals surface area contributed by atoms with E-state index in [1.54, 1.807) is 11.3 Å². The molecule has 0 spiro atoms. The van der Waals surface area contributed by atoms with Crippen LogP contribution in [0.4, 0.5) is 5.13 Å². The van der Waals surface area contributed by atoms with Crippen LogP contribution < -0.4 is 10.6 Å². The molecular weight excluding hydrogens is 242 g/mol. The first-order valence-corrected chi connectivity index (χ1v) is 7.76. The van der Waals surface area contributed by atoms with Crippen LogP contribution in [0.5, 0.6) is 0 Å². The predicted molar refractivity (Wildman–Crippen MR) is 79.3 cm³/mol. The Bertz CT molecular complexity index is 400. The molecule has 0 radical (unpaired) electrons. The smallest absolute Gasteiger partial charge is 0.185 e. The van der Waals surface area contributed by atoms with Gasteiger partial charge in [0.25, 0.3) is 0 Å². The van der Waals surface area contributed by atoms with Gasteiger partial charge >= 0.3 is 0 Å². The zero-order chi connectivity index (χ0) is 13.3. The van der Waals surface area contributed by atoms with Gasteiger partial charge in [0.1, 0.15) is 0 Å². The molecule has 0 aromatic carbocycles. The first kappa shape index (κ1) is 13.8. The Morgan fingerprint density at radius 1 is 1.44 bits per heavy atom. The zero-order valence-electron chi connectivity index (χ0n) is 11.9. The molecule has 2 rings (SSSR count). The lowest BCUT2D eigenvalue weighted by Crippen LogP contribution is -2.35. The first-order valence-electron chi connectivity index (χ1n) is 6.94. The summed E-state index contributed by atoms with van der Waals surface area (Å²) in [6.07, 6.45) is 5.32. The Balaban J connectivity index is 2.13. The molecule has 1 aliphatic carbocycles. The van der Waals surface area contributed by atoms with Crippen molar-refractivity contribution in [1.29, 1.82) is 0 Å². The van der Waals surface area contributed by atoms with Crippen LogP contribution in [0, 0.1) is 12.8 Å². The van der Waals surface area contributed by atoms with Gasteiger partial charge in [-0.1, -0.05) is 19.8 Å². The van der Waals surface area contributed by atoms with E-state index in [1.807, 2.05) is 6.92 Å². The van der Waals surface area contributed by atoms with E-state index in [0.29, 0.717) is 6.04 Å². The maximum Gasteiger partial charge on any atom is 0.185 e. The fraction of sp³-hybridized carbons (Fsp3) is 0.786. The lowest BCUT2D eigenvalue weighted by molar-refractivity contribution is 0.336. The SMILES string of the molecule is Cc1nc(N(C)C2CCCC(C)C2)sc1C(C)N. The summed E-state index contributed by atoms with van der Waals surface area (Å²) in [7, 11) is 2.19. The van der Waals surface area contributed by atoms with Crippen LogP contribution >= 0.6 is 11.3 Å². The molecule has 0 saturated heterocycles. The van der Waals surface area contributed by atoms with Crippen molar-refractivity contribution in [2.45, 2.75) is 58.5 Å². The summed E-state index contributed by atoms with van der Waals surface area (Å²) >= 11 is 1.76. The maximum absolute atomic E-state index is 5.98. The van der Waals surface area contributed by atoms with Crippen LogP contribution in [0.3, 0.4) is 0 Å². The molecule has 1 fully saturated rings. The summed E-state index contributed by atoms with van der Waals surface area (Å²) in [5, 5.41) is 1.14. The molecule has 1 aromatic heterocycles. The molecule has 3 nitrogen and oxygen atoms in total. The normalized spacial score (nSPS) is 26.1. The van der Waals surface area contributed by atoms with E-state index < -0.39 is 0 Å². The third-order valence-electron chi connectivity index (χ3n) is 3.99. The summed E-state index contributed by atoms with van der Waals surface area (Å²) in [6.45, 7) is 6.46. The fourth-order valence-electron chi connectivity index (χ4n) is 2.88. The molecule has 1 aromatic rings. The van der Waals surface area contributed by atoms with Crippen LogP contribution in [0.15, 0.2) is 0 Å². The largest absolute Gasteiger partial charge is 0.348 e. The van der Waals surface area contributed by atoms with Crippen LogP contribution in [0.2, 0.25) is 0 Å². The Morgan fingerprint density at radius 2 is 2.17 bits per heavy atom. The van der Waals surface area contributed by atoms with E-state index in [9.17, 15) is 0 Å². The second-order valence-corrected chi connectivity index (χ2v) is 6.78. The number of aromatic nitrogens is 1. The number of hydrogen-bond acceptors (Lipinski definition) is 4. The van der Waals surface area contributed by atoms with E-state index in [4.69, 9.17) is 10.7 Å². The topological polar surface area (TPSA) is 42.2 Å². The molecule has 3 unspecified atom stereocenters. The summed E-state index contributed by atoms with van der Waals surface area (Å²) in [6, 6.07) is 0.746. The van der Waals surface area contributed by atoms with E-state index in [1.165, 1.54) is 30.6 Å². The molecule has 0 bridgehead atoms. The standard InChI is InChI=1S/C14H25N3S/c1-9-6-5-7-12(8-9)17(4)14-16-11(3)13(18-14)10(2)15/h9-10,12H,5-8,15H2,1-4H3. The van der Waals surface area contributed by atoms with Crippen LogP contribution in [0.1, 0.15) is 56.1 Å². The lowest BCUT2D eigenvalue weighted by Gasteiger charge is -2.33. The summed E-state index contributed by atoms with van der Waals surface area (Å²) in [5.41, 5.74) is 7.08. The number of anilines is 1. The molecular formula is C14H25N3S. The van der Waals surface area contributed by atoms with Gasteiger partial charge in [-0.05, 0) is 32.6 Å². The van der Waals surface area contributed by atoms with Gasteiger partial charge in [0.2, 0.25) is 0 Å². The minimum Gasteiger partial charge on any atom is -0.348 e. The molecule has 2 N–H and O–H groups in total. The van der Waals surface area contributed by atoms with Crippen molar-refractivity contribution in [3.05, 3.63) is 10.6 Å². The number of nitrogens with two attached hydrogens (primary N) is 1. The van der Waals surface area contributed by atoms with Crippen molar-refractivity contribution in [3.8, 4) is 0 Å². The van der Waals surface area contributed by atoms with Gasteiger partial charge in [0, 0.05) is 24.0 Å². The average Bonchev–Trinajstić information content (AvgIpc) is 2.70. The number of hydrogen-bond donors (Lipinski definition) is 1. The van der Waals surface area contributed by atoms with Crippen molar-refractivity contribution >= 4 is 16.5 Å². The summed E-state index contributed by atoms with van der Waals surface area (Å²) in [4.78, 5) is 8.29. The second-order valence-electron chi connectivity index (χ2n) is 5.77. The Hall–Kier alpha value is -0.610. The molecule has 1 heterocycles. The van der Waals surface area contributed by atoms with Crippen molar-refractivity contribution in [2.75, 3.05) is 11.9 Å². The summed E-state index contributed by atoms with van der Waals surface area (Å²) < 4.78 is 0. The number of rotatable bonds is 3. The zero-order valence-corrected chi connectivity index (χ0v) is 12.8. The molecule has 0 aliphatic heterocycles. The molecule has 1 saturated carbocycles. The van der Waals surface area contributed by atoms with Gasteiger partial charge < -0.3 is 10.6 Å². The molecule has 0 amide bonds. The summed E-state index contributed by atoms with van der Waals surface area (Å²) in [5.74, 6) is 0.847. The number of aryl methyl sites for hydroxylation is 1. The van der Waals surface area contributed by atoms with Gasteiger partial charge in [-0.2, -0.15) is 0 Å². The van der Waals surface area contributed by atoms with Crippen molar-refractivity contribution < 1.29 is 0 Å². The van der Waals surface area contributed by atoms with Gasteiger partial charge in [-0.25, -0.2) is 4.98 Å². The fourth-order valence-corrected chi connectivity index (χ4v) is 3.93. The van der Waals surface area contributed by atoms with Crippen molar-refractivity contribution in [3.63, 3.8) is 0 Å². The Kier molecular flexibility index (Phi) is 4.28. The van der Waals surface area contributed by atoms with E-state index >= 15 is 0 Å². The van der Waals surface area contributed by atoms with Gasteiger partial charge in [0.15, 0.2) is 5.13 Å². The first-order chi connectivity index (χ1) is 8.49. The average molecular weight is 267 g/mol. The molecule has 3 atom stereocenters. The third-order valence-corrected chi connectivity index (χ3v) is 5.44. The second kappa shape index (κ2) is 5.57. The van der Waals surface area contributed by atoms with Gasteiger partial charge in [-0.15, -0.1) is 11.3 Å². The highest BCUT2D eigenvalue weighted by molar-refractivity contribution is 7.15. The Morgan fingerprint density at radius 3 is 2.72 bits per heavy atom. The van der Waals surface area contributed by atoms with Gasteiger partial charge in [-0.3, -0.25) is 0 Å². The quantitative estimate of drug-likeness (QED) is 0.911. The van der Waals surface area contributed by atoms with E-state index in [2.05, 4.69) is 25.8 Å². The molecule has 102 valence electrons. The minimum atomic E-state index is 0.0925. The van der Waals surface area contributed by atoms with Crippen molar-refractivity contribution in [1.82, 2.24) is 4.98 Å².